The first-order valence-electron chi connectivity index (χ1n) is 9.41. The zero-order valence-electron chi connectivity index (χ0n) is 16.2. The molecule has 0 unspecified atom stereocenters. The van der Waals surface area contributed by atoms with Crippen molar-refractivity contribution in [3.63, 3.8) is 0 Å². The van der Waals surface area contributed by atoms with Gasteiger partial charge in [0.15, 0.2) is 0 Å². The van der Waals surface area contributed by atoms with Gasteiger partial charge in [-0.1, -0.05) is 11.6 Å². The average molecular weight is 460 g/mol. The monoisotopic (exact) mass is 459 g/mol. The molecule has 30 heavy (non-hydrogen) atoms. The molecule has 2 N–H and O–H groups in total. The zero-order valence-corrected chi connectivity index (χ0v) is 17.8. The molecular weight excluding hydrogens is 439 g/mol. The second-order valence-corrected chi connectivity index (χ2v) is 8.60. The third kappa shape index (κ3) is 5.74. The minimum absolute atomic E-state index is 0.00284. The number of amides is 2. The molecule has 10 heteroatoms. The third-order valence-electron chi connectivity index (χ3n) is 4.86. The van der Waals surface area contributed by atoms with Gasteiger partial charge in [0.1, 0.15) is 5.82 Å². The number of hydrogen-bond acceptors (Lipinski definition) is 4. The molecule has 3 rings (SSSR count). The molecule has 0 radical (unpaired) electrons. The summed E-state index contributed by atoms with van der Waals surface area (Å²) < 4.78 is 38.1. The second kappa shape index (κ2) is 9.80. The van der Waals surface area contributed by atoms with Crippen LogP contribution >= 0.6 is 22.9 Å². The number of nitrogens with zero attached hydrogens (tertiary/aromatic N) is 1. The average Bonchev–Trinajstić information content (AvgIpc) is 3.03. The lowest BCUT2D eigenvalue weighted by Crippen LogP contribution is -2.45. The van der Waals surface area contributed by atoms with Crippen molar-refractivity contribution in [2.75, 3.05) is 25.0 Å². The van der Waals surface area contributed by atoms with E-state index < -0.39 is 18.1 Å². The fourth-order valence-electron chi connectivity index (χ4n) is 3.33. The Balaban J connectivity index is 1.59. The van der Waals surface area contributed by atoms with Crippen molar-refractivity contribution in [1.82, 2.24) is 10.2 Å². The van der Waals surface area contributed by atoms with Crippen LogP contribution in [0.25, 0.3) is 0 Å². The highest BCUT2D eigenvalue weighted by molar-refractivity contribution is 7.18. The summed E-state index contributed by atoms with van der Waals surface area (Å²) in [6.07, 6.45) is -1.14. The Morgan fingerprint density at radius 2 is 1.93 bits per heavy atom. The third-order valence-corrected chi connectivity index (χ3v) is 6.32. The van der Waals surface area contributed by atoms with Crippen LogP contribution in [0, 0.1) is 12.7 Å². The van der Waals surface area contributed by atoms with E-state index in [2.05, 4.69) is 10.6 Å². The quantitative estimate of drug-likeness (QED) is 0.665. The number of aryl methyl sites for hydroxylation is 1. The molecule has 1 aromatic carbocycles. The summed E-state index contributed by atoms with van der Waals surface area (Å²) in [5, 5.41) is 6.09. The van der Waals surface area contributed by atoms with Crippen molar-refractivity contribution in [3.8, 4) is 0 Å². The number of carbonyl (C=O) groups excluding carboxylic acids is 2. The van der Waals surface area contributed by atoms with Crippen LogP contribution in [0.3, 0.4) is 0 Å². The summed E-state index contributed by atoms with van der Waals surface area (Å²) in [4.78, 5) is 27.2. The molecule has 0 saturated carbocycles. The molecule has 1 aliphatic rings. The van der Waals surface area contributed by atoms with Gasteiger partial charge in [0.05, 0.1) is 27.0 Å². The van der Waals surface area contributed by atoms with E-state index in [0.717, 1.165) is 23.5 Å². The van der Waals surface area contributed by atoms with Crippen molar-refractivity contribution >= 4 is 39.8 Å². The molecule has 0 aliphatic carbocycles. The first kappa shape index (κ1) is 22.6. The SMILES string of the molecule is Cc1cc(NC(=O)c2ccc(F)cc2Cl)sc1C(=O)NC1CCN(CC(F)F)CC1. The van der Waals surface area contributed by atoms with E-state index in [1.165, 1.54) is 6.07 Å². The van der Waals surface area contributed by atoms with E-state index in [1.807, 2.05) is 0 Å². The zero-order chi connectivity index (χ0) is 21.8. The summed E-state index contributed by atoms with van der Waals surface area (Å²) >= 11 is 7.04. The van der Waals surface area contributed by atoms with Gasteiger partial charge in [0.25, 0.3) is 18.2 Å². The first-order valence-corrected chi connectivity index (χ1v) is 10.6. The van der Waals surface area contributed by atoms with E-state index in [0.29, 0.717) is 41.4 Å². The maximum atomic E-state index is 13.2. The van der Waals surface area contributed by atoms with Crippen molar-refractivity contribution in [2.45, 2.75) is 32.2 Å². The molecule has 2 heterocycles. The Kier molecular flexibility index (Phi) is 7.38. The van der Waals surface area contributed by atoms with Crippen LogP contribution in [0.5, 0.6) is 0 Å². The smallest absolute Gasteiger partial charge is 0.261 e. The standard InChI is InChI=1S/C20H21ClF3N3O2S/c1-11-8-17(26-19(28)14-3-2-12(22)9-15(14)21)30-18(11)20(29)25-13-4-6-27(7-5-13)10-16(23)24/h2-3,8-9,13,16H,4-7,10H2,1H3,(H,25,29)(H,26,28). The number of benzene rings is 1. The molecule has 0 atom stereocenters. The first-order chi connectivity index (χ1) is 14.2. The molecule has 1 aliphatic heterocycles. The van der Waals surface area contributed by atoms with Crippen LogP contribution in [0.1, 0.15) is 38.4 Å². The van der Waals surface area contributed by atoms with Gasteiger partial charge < -0.3 is 10.6 Å². The predicted molar refractivity (Wildman–Crippen MR) is 111 cm³/mol. The summed E-state index contributed by atoms with van der Waals surface area (Å²) in [6, 6.07) is 5.10. The lowest BCUT2D eigenvalue weighted by Gasteiger charge is -2.31. The van der Waals surface area contributed by atoms with Gasteiger partial charge >= 0.3 is 0 Å². The fourth-order valence-corrected chi connectivity index (χ4v) is 4.55. The molecule has 1 aromatic heterocycles. The number of carbonyl (C=O) groups is 2. The van der Waals surface area contributed by atoms with E-state index in [9.17, 15) is 22.8 Å². The number of anilines is 1. The normalized spacial score (nSPS) is 15.4. The number of hydrogen-bond donors (Lipinski definition) is 2. The molecule has 0 bridgehead atoms. The summed E-state index contributed by atoms with van der Waals surface area (Å²) in [5.74, 6) is -1.30. The van der Waals surface area contributed by atoms with Gasteiger partial charge in [-0.05, 0) is 49.6 Å². The Bertz CT molecular complexity index is 930. The van der Waals surface area contributed by atoms with Gasteiger partial charge in [-0.15, -0.1) is 11.3 Å². The molecular formula is C20H21ClF3N3O2S. The fraction of sp³-hybridized carbons (Fsp3) is 0.400. The van der Waals surface area contributed by atoms with Gasteiger partial charge in [-0.25, -0.2) is 13.2 Å². The number of rotatable bonds is 6. The van der Waals surface area contributed by atoms with Crippen molar-refractivity contribution in [2.24, 2.45) is 0 Å². The van der Waals surface area contributed by atoms with Crippen molar-refractivity contribution < 1.29 is 22.8 Å². The lowest BCUT2D eigenvalue weighted by molar-refractivity contribution is 0.0697. The van der Waals surface area contributed by atoms with E-state index in [-0.39, 0.29) is 29.1 Å². The number of alkyl halides is 2. The van der Waals surface area contributed by atoms with Crippen LogP contribution < -0.4 is 10.6 Å². The topological polar surface area (TPSA) is 61.4 Å². The summed E-state index contributed by atoms with van der Waals surface area (Å²) in [7, 11) is 0. The highest BCUT2D eigenvalue weighted by Gasteiger charge is 2.24. The Morgan fingerprint density at radius 1 is 1.23 bits per heavy atom. The van der Waals surface area contributed by atoms with Crippen LogP contribution in [-0.4, -0.2) is 48.8 Å². The van der Waals surface area contributed by atoms with Gasteiger partial charge in [0.2, 0.25) is 0 Å². The number of nitrogens with one attached hydrogen (secondary N) is 2. The van der Waals surface area contributed by atoms with Gasteiger partial charge in [-0.3, -0.25) is 14.5 Å². The van der Waals surface area contributed by atoms with E-state index >= 15 is 0 Å². The van der Waals surface area contributed by atoms with Crippen LogP contribution in [-0.2, 0) is 0 Å². The minimum Gasteiger partial charge on any atom is -0.349 e. The minimum atomic E-state index is -2.36. The largest absolute Gasteiger partial charge is 0.349 e. The number of likely N-dealkylation sites (tertiary alicyclic amines) is 1. The number of thiophene rings is 1. The second-order valence-electron chi connectivity index (χ2n) is 7.14. The Labute approximate surface area is 181 Å². The maximum absolute atomic E-state index is 13.2. The van der Waals surface area contributed by atoms with Crippen molar-refractivity contribution in [1.29, 1.82) is 0 Å². The number of piperidine rings is 1. The van der Waals surface area contributed by atoms with Gasteiger partial charge in [0, 0.05) is 19.1 Å². The van der Waals surface area contributed by atoms with Crippen LogP contribution in [0.4, 0.5) is 18.2 Å². The summed E-state index contributed by atoms with van der Waals surface area (Å²) in [6.45, 7) is 2.54. The molecule has 2 aromatic rings. The van der Waals surface area contributed by atoms with Crippen LogP contribution in [0.15, 0.2) is 24.3 Å². The Morgan fingerprint density at radius 3 is 2.57 bits per heavy atom. The maximum Gasteiger partial charge on any atom is 0.261 e. The number of halogens is 4. The van der Waals surface area contributed by atoms with E-state index in [1.54, 1.807) is 17.9 Å². The molecule has 162 valence electrons. The molecule has 1 saturated heterocycles. The van der Waals surface area contributed by atoms with Crippen LogP contribution in [0.2, 0.25) is 5.02 Å². The highest BCUT2D eigenvalue weighted by Crippen LogP contribution is 2.28. The van der Waals surface area contributed by atoms with Gasteiger partial charge in [-0.2, -0.15) is 0 Å². The highest BCUT2D eigenvalue weighted by atomic mass is 35.5. The molecule has 0 spiro atoms. The lowest BCUT2D eigenvalue weighted by atomic mass is 10.0. The Hall–Kier alpha value is -2.10. The molecule has 2 amide bonds. The molecule has 1 fully saturated rings. The summed E-state index contributed by atoms with van der Waals surface area (Å²) in [5.41, 5.74) is 0.832. The predicted octanol–water partition coefficient (Wildman–Crippen LogP) is 4.56. The molecule has 5 nitrogen and oxygen atoms in total. The van der Waals surface area contributed by atoms with E-state index in [4.69, 9.17) is 11.6 Å². The van der Waals surface area contributed by atoms with Crippen molar-refractivity contribution in [3.05, 3.63) is 51.1 Å².